The third-order valence-electron chi connectivity index (χ3n) is 2.38. The van der Waals surface area contributed by atoms with E-state index in [1.54, 1.807) is 18.2 Å². The summed E-state index contributed by atoms with van der Waals surface area (Å²) in [7, 11) is 0. The molecule has 2 aromatic carbocycles. The number of anilines is 1. The second-order valence-electron chi connectivity index (χ2n) is 3.71. The molecular weight excluding hydrogens is 390 g/mol. The molecule has 6 heteroatoms. The highest BCUT2D eigenvalue weighted by atomic mass is 127. The first-order chi connectivity index (χ1) is 9.19. The van der Waals surface area contributed by atoms with Crippen molar-refractivity contribution in [1.29, 1.82) is 5.41 Å². The lowest BCUT2D eigenvalue weighted by molar-refractivity contribution is 0.483. The summed E-state index contributed by atoms with van der Waals surface area (Å²) < 4.78 is 18.5. The molecule has 0 heterocycles. The first-order valence-corrected chi connectivity index (χ1v) is 6.83. The van der Waals surface area contributed by atoms with E-state index in [4.69, 9.17) is 10.1 Å². The summed E-state index contributed by atoms with van der Waals surface area (Å²) in [4.78, 5) is 0. The van der Waals surface area contributed by atoms with Crippen LogP contribution in [0, 0.1) is 11.2 Å². The predicted octanol–water partition coefficient (Wildman–Crippen LogP) is 4.95. The van der Waals surface area contributed by atoms with Gasteiger partial charge in [0.15, 0.2) is 10.9 Å². The number of ether oxygens (including phenoxy) is 1. The average Bonchev–Trinajstić information content (AvgIpc) is 2.43. The van der Waals surface area contributed by atoms with Crippen molar-refractivity contribution in [3.8, 4) is 11.5 Å². The molecule has 0 aliphatic carbocycles. The molecule has 0 saturated heterocycles. The molecule has 0 unspecified atom stereocenters. The summed E-state index contributed by atoms with van der Waals surface area (Å²) in [5.74, 6) is 0.835. The third kappa shape index (κ3) is 4.68. The Labute approximate surface area is 138 Å². The van der Waals surface area contributed by atoms with Gasteiger partial charge in [0.25, 0.3) is 0 Å². The molecular formula is C14H14FIN2OS. The van der Waals surface area contributed by atoms with Gasteiger partial charge in [-0.2, -0.15) is 0 Å². The Balaban J connectivity index is 0.00000200. The summed E-state index contributed by atoms with van der Waals surface area (Å²) in [5.41, 5.74) is 0.700. The van der Waals surface area contributed by atoms with E-state index in [-0.39, 0.29) is 29.8 Å². The summed E-state index contributed by atoms with van der Waals surface area (Å²) in [6, 6.07) is 13.1. The number of rotatable bonds is 3. The normalized spacial score (nSPS) is 9.50. The van der Waals surface area contributed by atoms with Gasteiger partial charge in [-0.05, 0) is 42.7 Å². The number of amidine groups is 1. The van der Waals surface area contributed by atoms with Gasteiger partial charge in [0, 0.05) is 0 Å². The minimum Gasteiger partial charge on any atom is -0.455 e. The van der Waals surface area contributed by atoms with E-state index in [2.05, 4.69) is 5.32 Å². The number of halogens is 2. The number of benzene rings is 2. The van der Waals surface area contributed by atoms with Gasteiger partial charge in [-0.3, -0.25) is 5.41 Å². The van der Waals surface area contributed by atoms with E-state index in [9.17, 15) is 4.39 Å². The van der Waals surface area contributed by atoms with E-state index >= 15 is 0 Å². The lowest BCUT2D eigenvalue weighted by Crippen LogP contribution is -2.06. The Morgan fingerprint density at radius 3 is 2.45 bits per heavy atom. The standard InChI is InChI=1S/C14H13FN2OS.HI/c1-19-14(16)17-12-4-2-3-5-13(12)18-11-8-6-10(15)7-9-11;/h2-9H,1H3,(H2,16,17);1H. The van der Waals surface area contributed by atoms with Gasteiger partial charge in [0.05, 0.1) is 5.69 Å². The summed E-state index contributed by atoms with van der Waals surface area (Å²) in [6.07, 6.45) is 1.82. The highest BCUT2D eigenvalue weighted by Gasteiger charge is 2.05. The van der Waals surface area contributed by atoms with Crippen molar-refractivity contribution in [1.82, 2.24) is 0 Å². The Hall–Kier alpha value is -1.28. The van der Waals surface area contributed by atoms with Crippen molar-refractivity contribution >= 4 is 46.6 Å². The molecule has 2 N–H and O–H groups in total. The van der Waals surface area contributed by atoms with Crippen LogP contribution >= 0.6 is 35.7 Å². The quantitative estimate of drug-likeness (QED) is 0.433. The maximum atomic E-state index is 12.8. The smallest absolute Gasteiger partial charge is 0.158 e. The molecule has 0 fully saturated rings. The fourth-order valence-corrected chi connectivity index (χ4v) is 1.67. The van der Waals surface area contributed by atoms with Crippen molar-refractivity contribution in [2.24, 2.45) is 0 Å². The molecule has 0 bridgehead atoms. The second-order valence-corrected chi connectivity index (χ2v) is 4.53. The van der Waals surface area contributed by atoms with Gasteiger partial charge in [-0.15, -0.1) is 24.0 Å². The van der Waals surface area contributed by atoms with Crippen LogP contribution in [0.1, 0.15) is 0 Å². The maximum Gasteiger partial charge on any atom is 0.158 e. The van der Waals surface area contributed by atoms with E-state index < -0.39 is 0 Å². The Morgan fingerprint density at radius 1 is 1.15 bits per heavy atom. The fraction of sp³-hybridized carbons (Fsp3) is 0.0714. The molecule has 0 saturated carbocycles. The Kier molecular flexibility index (Phi) is 6.80. The zero-order chi connectivity index (χ0) is 13.7. The monoisotopic (exact) mass is 404 g/mol. The van der Waals surface area contributed by atoms with Crippen LogP contribution in [0.5, 0.6) is 11.5 Å². The van der Waals surface area contributed by atoms with Gasteiger partial charge in [0.2, 0.25) is 0 Å². The molecule has 0 aromatic heterocycles. The molecule has 0 amide bonds. The zero-order valence-electron chi connectivity index (χ0n) is 10.7. The SMILES string of the molecule is CSC(=N)Nc1ccccc1Oc1ccc(F)cc1.I. The van der Waals surface area contributed by atoms with E-state index in [1.165, 1.54) is 23.9 Å². The van der Waals surface area contributed by atoms with E-state index in [1.807, 2.05) is 24.5 Å². The fourth-order valence-electron chi connectivity index (χ4n) is 1.46. The molecule has 0 atom stereocenters. The molecule has 106 valence electrons. The summed E-state index contributed by atoms with van der Waals surface area (Å²) >= 11 is 1.30. The summed E-state index contributed by atoms with van der Waals surface area (Å²) in [5, 5.41) is 10.9. The number of thioether (sulfide) groups is 1. The maximum absolute atomic E-state index is 12.8. The third-order valence-corrected chi connectivity index (χ3v) is 2.89. The minimum absolute atomic E-state index is 0. The molecule has 0 aliphatic heterocycles. The number of para-hydroxylation sites is 2. The van der Waals surface area contributed by atoms with Crippen molar-refractivity contribution in [3.63, 3.8) is 0 Å². The lowest BCUT2D eigenvalue weighted by Gasteiger charge is -2.12. The largest absolute Gasteiger partial charge is 0.455 e. The van der Waals surface area contributed by atoms with E-state index in [0.717, 1.165) is 0 Å². The second kappa shape index (κ2) is 8.11. The van der Waals surface area contributed by atoms with E-state index in [0.29, 0.717) is 22.4 Å². The number of nitrogens with one attached hydrogen (secondary N) is 2. The van der Waals surface area contributed by atoms with Crippen molar-refractivity contribution < 1.29 is 9.13 Å². The van der Waals surface area contributed by atoms with Crippen LogP contribution in [0.4, 0.5) is 10.1 Å². The highest BCUT2D eigenvalue weighted by molar-refractivity contribution is 14.0. The number of hydrogen-bond acceptors (Lipinski definition) is 3. The Bertz CT molecular complexity index is 578. The minimum atomic E-state index is -0.303. The van der Waals surface area contributed by atoms with Crippen LogP contribution in [0.3, 0.4) is 0 Å². The summed E-state index contributed by atoms with van der Waals surface area (Å²) in [6.45, 7) is 0. The van der Waals surface area contributed by atoms with Crippen LogP contribution in [0.15, 0.2) is 48.5 Å². The van der Waals surface area contributed by atoms with Crippen LogP contribution in [0.25, 0.3) is 0 Å². The van der Waals surface area contributed by atoms with Gasteiger partial charge >= 0.3 is 0 Å². The first kappa shape index (κ1) is 16.8. The van der Waals surface area contributed by atoms with Crippen LogP contribution in [-0.2, 0) is 0 Å². The predicted molar refractivity (Wildman–Crippen MR) is 93.2 cm³/mol. The topological polar surface area (TPSA) is 45.1 Å². The van der Waals surface area contributed by atoms with Crippen LogP contribution in [-0.4, -0.2) is 11.4 Å². The molecule has 20 heavy (non-hydrogen) atoms. The van der Waals surface area contributed by atoms with Gasteiger partial charge in [-0.1, -0.05) is 23.9 Å². The van der Waals surface area contributed by atoms with Gasteiger partial charge in [-0.25, -0.2) is 4.39 Å². The van der Waals surface area contributed by atoms with Gasteiger partial charge < -0.3 is 10.1 Å². The van der Waals surface area contributed by atoms with Crippen LogP contribution < -0.4 is 10.1 Å². The van der Waals surface area contributed by atoms with Crippen LogP contribution in [0.2, 0.25) is 0 Å². The van der Waals surface area contributed by atoms with Crippen molar-refractivity contribution in [3.05, 3.63) is 54.3 Å². The molecule has 0 aliphatic rings. The van der Waals surface area contributed by atoms with Crippen molar-refractivity contribution in [2.45, 2.75) is 0 Å². The zero-order valence-corrected chi connectivity index (χ0v) is 13.9. The van der Waals surface area contributed by atoms with Gasteiger partial charge in [0.1, 0.15) is 11.6 Å². The molecule has 0 spiro atoms. The first-order valence-electron chi connectivity index (χ1n) is 5.61. The lowest BCUT2D eigenvalue weighted by atomic mass is 10.3. The number of hydrogen-bond donors (Lipinski definition) is 2. The Morgan fingerprint density at radius 2 is 1.80 bits per heavy atom. The molecule has 2 aromatic rings. The molecule has 3 nitrogen and oxygen atoms in total. The average molecular weight is 404 g/mol. The van der Waals surface area contributed by atoms with Crippen molar-refractivity contribution in [2.75, 3.05) is 11.6 Å². The highest BCUT2D eigenvalue weighted by Crippen LogP contribution is 2.29. The molecule has 2 rings (SSSR count). The molecule has 0 radical (unpaired) electrons.